The Kier molecular flexibility index (Phi) is 5.67. The molecule has 0 unspecified atom stereocenters. The number of hydrogen-bond donors (Lipinski definition) is 2. The Morgan fingerprint density at radius 3 is 2.56 bits per heavy atom. The highest BCUT2D eigenvalue weighted by molar-refractivity contribution is 7.91. The Morgan fingerprint density at radius 1 is 1.15 bits per heavy atom. The van der Waals surface area contributed by atoms with Crippen molar-refractivity contribution in [2.45, 2.75) is 37.7 Å². The van der Waals surface area contributed by atoms with E-state index in [1.165, 1.54) is 11.3 Å². The monoisotopic (exact) mass is 406 g/mol. The fourth-order valence-corrected chi connectivity index (χ4v) is 4.21. The van der Waals surface area contributed by atoms with E-state index in [1.54, 1.807) is 50.2 Å². The maximum atomic E-state index is 12.4. The minimum Gasteiger partial charge on any atom is -0.321 e. The Balaban J connectivity index is 1.65. The third-order valence-corrected chi connectivity index (χ3v) is 7.47. The maximum Gasteiger partial charge on any atom is 0.265 e. The van der Waals surface area contributed by atoms with Crippen molar-refractivity contribution in [1.82, 2.24) is 0 Å². The van der Waals surface area contributed by atoms with Crippen LogP contribution in [0.15, 0.2) is 36.4 Å². The largest absolute Gasteiger partial charge is 0.321 e. The lowest BCUT2D eigenvalue weighted by atomic mass is 10.2. The molecule has 0 radical (unpaired) electrons. The quantitative estimate of drug-likeness (QED) is 0.734. The third-order valence-electron chi connectivity index (χ3n) is 4.30. The summed E-state index contributed by atoms with van der Waals surface area (Å²) in [6.07, 6.45) is 1.85. The molecule has 6 nitrogen and oxygen atoms in total. The number of carbonyl (C=O) groups is 2. The van der Waals surface area contributed by atoms with Crippen LogP contribution in [0.3, 0.4) is 0 Å². The van der Waals surface area contributed by atoms with Gasteiger partial charge in [0.2, 0.25) is 5.91 Å². The molecule has 1 saturated carbocycles. The van der Waals surface area contributed by atoms with Crippen LogP contribution in [0.4, 0.5) is 10.7 Å². The number of anilines is 2. The van der Waals surface area contributed by atoms with E-state index in [0.717, 1.165) is 12.8 Å². The van der Waals surface area contributed by atoms with Crippen LogP contribution in [-0.4, -0.2) is 25.5 Å². The van der Waals surface area contributed by atoms with Gasteiger partial charge in [-0.05, 0) is 56.5 Å². The van der Waals surface area contributed by atoms with Gasteiger partial charge in [0.25, 0.3) is 5.91 Å². The summed E-state index contributed by atoms with van der Waals surface area (Å²) in [7, 11) is -3.21. The van der Waals surface area contributed by atoms with E-state index in [-0.39, 0.29) is 23.5 Å². The second-order valence-corrected chi connectivity index (χ2v) is 10.6. The number of thiophene rings is 1. The van der Waals surface area contributed by atoms with Gasteiger partial charge in [-0.15, -0.1) is 11.3 Å². The summed E-state index contributed by atoms with van der Waals surface area (Å²) >= 11 is 1.21. The van der Waals surface area contributed by atoms with Crippen molar-refractivity contribution < 1.29 is 18.0 Å². The normalized spacial score (nSPS) is 14.2. The third kappa shape index (κ3) is 5.17. The first-order valence-corrected chi connectivity index (χ1v) is 11.3. The first-order valence-electron chi connectivity index (χ1n) is 8.77. The van der Waals surface area contributed by atoms with Crippen molar-refractivity contribution in [3.63, 3.8) is 0 Å². The number of sulfone groups is 1. The topological polar surface area (TPSA) is 92.3 Å². The van der Waals surface area contributed by atoms with E-state index in [9.17, 15) is 18.0 Å². The zero-order chi connectivity index (χ0) is 19.6. The molecule has 1 aliphatic rings. The lowest BCUT2D eigenvalue weighted by molar-refractivity contribution is -0.117. The van der Waals surface area contributed by atoms with Gasteiger partial charge in [0.1, 0.15) is 0 Å². The average Bonchev–Trinajstić information content (AvgIpc) is 3.34. The smallest absolute Gasteiger partial charge is 0.265 e. The van der Waals surface area contributed by atoms with Gasteiger partial charge in [-0.1, -0.05) is 12.1 Å². The molecule has 2 amide bonds. The number of hydrogen-bond acceptors (Lipinski definition) is 5. The highest BCUT2D eigenvalue weighted by Gasteiger charge is 2.29. The van der Waals surface area contributed by atoms with Gasteiger partial charge < -0.3 is 10.6 Å². The summed E-state index contributed by atoms with van der Waals surface area (Å²) in [5, 5.41) is 5.80. The fourth-order valence-electron chi connectivity index (χ4n) is 2.43. The van der Waals surface area contributed by atoms with Gasteiger partial charge >= 0.3 is 0 Å². The Bertz CT molecular complexity index is 960. The van der Waals surface area contributed by atoms with Crippen LogP contribution in [0.2, 0.25) is 0 Å². The molecule has 2 aromatic rings. The van der Waals surface area contributed by atoms with Crippen LogP contribution < -0.4 is 10.6 Å². The minimum atomic E-state index is -3.21. The molecule has 1 aromatic carbocycles. The highest BCUT2D eigenvalue weighted by Crippen LogP contribution is 2.31. The van der Waals surface area contributed by atoms with Crippen LogP contribution in [0, 0.1) is 5.92 Å². The predicted octanol–water partition coefficient (Wildman–Crippen LogP) is 3.67. The molecule has 3 rings (SSSR count). The lowest BCUT2D eigenvalue weighted by Crippen LogP contribution is -2.16. The molecule has 27 heavy (non-hydrogen) atoms. The first kappa shape index (κ1) is 19.6. The minimum absolute atomic E-state index is 0.00266. The average molecular weight is 407 g/mol. The standard InChI is InChI=1S/C19H22N2O4S2/c1-12(2)27(24,25)11-13-4-3-5-15(10-13)20-19(23)16-8-9-17(26-16)21-18(22)14-6-7-14/h3-5,8-10,12,14H,6-7,11H2,1-2H3,(H,20,23)(H,21,22). The van der Waals surface area contributed by atoms with Crippen molar-refractivity contribution in [1.29, 1.82) is 0 Å². The molecule has 1 aromatic heterocycles. The number of rotatable bonds is 7. The fraction of sp³-hybridized carbons (Fsp3) is 0.368. The van der Waals surface area contributed by atoms with Gasteiger partial charge in [0.15, 0.2) is 9.84 Å². The number of carbonyl (C=O) groups excluding carboxylic acids is 2. The van der Waals surface area contributed by atoms with E-state index >= 15 is 0 Å². The van der Waals surface area contributed by atoms with Gasteiger partial charge in [-0.25, -0.2) is 8.42 Å². The van der Waals surface area contributed by atoms with E-state index in [0.29, 0.717) is 21.1 Å². The predicted molar refractivity (Wildman–Crippen MR) is 108 cm³/mol. The summed E-state index contributed by atoms with van der Waals surface area (Å²) in [5.74, 6) is -0.252. The molecule has 0 saturated heterocycles. The number of benzene rings is 1. The van der Waals surface area contributed by atoms with Crippen molar-refractivity contribution in [3.05, 3.63) is 46.8 Å². The summed E-state index contributed by atoms with van der Waals surface area (Å²) in [4.78, 5) is 24.7. The van der Waals surface area contributed by atoms with Gasteiger partial charge in [-0.2, -0.15) is 0 Å². The summed E-state index contributed by atoms with van der Waals surface area (Å²) < 4.78 is 24.2. The Morgan fingerprint density at radius 2 is 1.89 bits per heavy atom. The van der Waals surface area contributed by atoms with Crippen molar-refractivity contribution in [2.75, 3.05) is 10.6 Å². The molecule has 0 aliphatic heterocycles. The molecule has 1 heterocycles. The first-order chi connectivity index (χ1) is 12.7. The zero-order valence-electron chi connectivity index (χ0n) is 15.2. The number of amides is 2. The van der Waals surface area contributed by atoms with Crippen molar-refractivity contribution in [2.24, 2.45) is 5.92 Å². The molecular weight excluding hydrogens is 384 g/mol. The molecule has 2 N–H and O–H groups in total. The van der Waals surface area contributed by atoms with Gasteiger partial charge in [0.05, 0.1) is 20.9 Å². The summed E-state index contributed by atoms with van der Waals surface area (Å²) in [6, 6.07) is 10.2. The van der Waals surface area contributed by atoms with Crippen LogP contribution in [-0.2, 0) is 20.4 Å². The maximum absolute atomic E-state index is 12.4. The molecule has 0 spiro atoms. The number of nitrogens with one attached hydrogen (secondary N) is 2. The molecule has 1 aliphatic carbocycles. The molecule has 1 fully saturated rings. The SMILES string of the molecule is CC(C)S(=O)(=O)Cc1cccc(NC(=O)c2ccc(NC(=O)C3CC3)s2)c1. The van der Waals surface area contributed by atoms with E-state index in [1.807, 2.05) is 0 Å². The summed E-state index contributed by atoms with van der Waals surface area (Å²) in [6.45, 7) is 3.30. The highest BCUT2D eigenvalue weighted by atomic mass is 32.2. The molecule has 0 atom stereocenters. The summed E-state index contributed by atoms with van der Waals surface area (Å²) in [5.41, 5.74) is 1.17. The second kappa shape index (κ2) is 7.82. The zero-order valence-corrected chi connectivity index (χ0v) is 16.8. The lowest BCUT2D eigenvalue weighted by Gasteiger charge is -2.09. The Hall–Kier alpha value is -2.19. The molecule has 8 heteroatoms. The van der Waals surface area contributed by atoms with Crippen molar-refractivity contribution in [3.8, 4) is 0 Å². The van der Waals surface area contributed by atoms with E-state index in [4.69, 9.17) is 0 Å². The van der Waals surface area contributed by atoms with Crippen LogP contribution >= 0.6 is 11.3 Å². The molecule has 0 bridgehead atoms. The van der Waals surface area contributed by atoms with Gasteiger partial charge in [-0.3, -0.25) is 9.59 Å². The second-order valence-electron chi connectivity index (χ2n) is 6.94. The van der Waals surface area contributed by atoms with E-state index in [2.05, 4.69) is 10.6 Å². The van der Waals surface area contributed by atoms with E-state index < -0.39 is 15.1 Å². The Labute approximate surface area is 162 Å². The van der Waals surface area contributed by atoms with Crippen LogP contribution in [0.25, 0.3) is 0 Å². The van der Waals surface area contributed by atoms with Gasteiger partial charge in [0, 0.05) is 11.6 Å². The van der Waals surface area contributed by atoms with Crippen molar-refractivity contribution >= 4 is 43.7 Å². The molecular formula is C19H22N2O4S2. The molecule has 144 valence electrons. The van der Waals surface area contributed by atoms with Crippen LogP contribution in [0.5, 0.6) is 0 Å². The van der Waals surface area contributed by atoms with Crippen LogP contribution in [0.1, 0.15) is 41.9 Å².